The molecule has 0 aromatic carbocycles. The Kier molecular flexibility index (Phi) is 6.33. The molecule has 5 N–H and O–H groups in total. The minimum absolute atomic E-state index is 0.0747. The van der Waals surface area contributed by atoms with E-state index in [0.29, 0.717) is 22.2 Å². The molecule has 0 bridgehead atoms. The van der Waals surface area contributed by atoms with Crippen LogP contribution in [0.2, 0.25) is 0 Å². The molecule has 1 saturated heterocycles. The number of thiazole rings is 1. The highest BCUT2D eigenvalue weighted by Crippen LogP contribution is 2.41. The number of hydrogen-bond acceptors (Lipinski definition) is 12. The lowest BCUT2D eigenvalue weighted by molar-refractivity contribution is -0.150. The summed E-state index contributed by atoms with van der Waals surface area (Å²) < 4.78 is 0. The Morgan fingerprint density at radius 1 is 1.53 bits per heavy atom. The monoisotopic (exact) mass is 496 g/mol. The molecule has 2 aliphatic rings. The summed E-state index contributed by atoms with van der Waals surface area (Å²) in [5, 5.41) is 25.3. The molecule has 1 fully saturated rings. The van der Waals surface area contributed by atoms with Crippen molar-refractivity contribution >= 4 is 63.5 Å². The summed E-state index contributed by atoms with van der Waals surface area (Å²) in [6, 6.07) is -0.914. The highest BCUT2D eigenvalue weighted by molar-refractivity contribution is 8.01. The standard InChI is InChI=1S/C16H16N8O5S3/c1-29-23-8(7-4-31-15(17)20-7)11(25)21-9-12(26)24-10(14(27)28)6(2-30-13(9)24)3-32-16-18-5-19-22-16/h4-5,9,13H,2-3H2,1H3,(H2,17,20)(H,21,25)(H,27,28)(H,18,19,22)/t9?,13-/m0/s1. The molecular weight excluding hydrogens is 480 g/mol. The van der Waals surface area contributed by atoms with E-state index in [0.717, 1.165) is 11.3 Å². The second-order valence-corrected chi connectivity index (χ2v) is 9.35. The Morgan fingerprint density at radius 2 is 2.34 bits per heavy atom. The number of H-pyrrole nitrogens is 1. The van der Waals surface area contributed by atoms with E-state index in [2.05, 4.69) is 30.6 Å². The van der Waals surface area contributed by atoms with E-state index in [4.69, 9.17) is 10.6 Å². The first-order valence-corrected chi connectivity index (χ1v) is 11.8. The SMILES string of the molecule is CON=C(C(=O)NC1C(=O)N2C(C(=O)O)=C(CSc3nnc[nH]3)CS[C@@H]12)c1csc(N)n1. The van der Waals surface area contributed by atoms with Gasteiger partial charge in [-0.05, 0) is 5.57 Å². The summed E-state index contributed by atoms with van der Waals surface area (Å²) in [5.74, 6) is -1.70. The number of amides is 2. The van der Waals surface area contributed by atoms with E-state index in [1.54, 1.807) is 5.38 Å². The molecule has 16 heteroatoms. The van der Waals surface area contributed by atoms with Gasteiger partial charge in [-0.15, -0.1) is 33.3 Å². The zero-order chi connectivity index (χ0) is 22.8. The number of aromatic nitrogens is 4. The summed E-state index contributed by atoms with van der Waals surface area (Å²) in [4.78, 5) is 50.3. The Labute approximate surface area is 192 Å². The predicted molar refractivity (Wildman–Crippen MR) is 117 cm³/mol. The fourth-order valence-electron chi connectivity index (χ4n) is 3.12. The summed E-state index contributed by atoms with van der Waals surface area (Å²) in [5.41, 5.74) is 6.20. The van der Waals surface area contributed by atoms with Gasteiger partial charge in [-0.25, -0.2) is 9.78 Å². The van der Waals surface area contributed by atoms with Crippen molar-refractivity contribution in [3.63, 3.8) is 0 Å². The highest BCUT2D eigenvalue weighted by Gasteiger charge is 2.54. The van der Waals surface area contributed by atoms with Gasteiger partial charge in [0, 0.05) is 16.9 Å². The van der Waals surface area contributed by atoms with Crippen molar-refractivity contribution in [1.82, 2.24) is 30.4 Å². The van der Waals surface area contributed by atoms with Crippen LogP contribution in [0.15, 0.2) is 33.3 Å². The van der Waals surface area contributed by atoms with Crippen LogP contribution < -0.4 is 11.1 Å². The highest BCUT2D eigenvalue weighted by atomic mass is 32.2. The van der Waals surface area contributed by atoms with Crippen molar-refractivity contribution in [3.8, 4) is 0 Å². The number of carboxylic acids is 1. The molecule has 168 valence electrons. The molecule has 13 nitrogen and oxygen atoms in total. The molecular formula is C16H16N8O5S3. The fourth-order valence-corrected chi connectivity index (χ4v) is 5.93. The van der Waals surface area contributed by atoms with E-state index >= 15 is 0 Å². The summed E-state index contributed by atoms with van der Waals surface area (Å²) in [7, 11) is 1.28. The van der Waals surface area contributed by atoms with Crippen LogP contribution in [-0.4, -0.2) is 83.7 Å². The third-order valence-corrected chi connectivity index (χ3v) is 7.46. The zero-order valence-electron chi connectivity index (χ0n) is 16.3. The Morgan fingerprint density at radius 3 is 2.97 bits per heavy atom. The topological polar surface area (TPSA) is 189 Å². The number of fused-ring (bicyclic) bond motifs is 1. The van der Waals surface area contributed by atoms with Crippen molar-refractivity contribution in [1.29, 1.82) is 0 Å². The van der Waals surface area contributed by atoms with Gasteiger partial charge in [-0.1, -0.05) is 16.9 Å². The molecule has 2 aromatic rings. The Bertz CT molecular complexity index is 1110. The molecule has 0 radical (unpaired) electrons. The molecule has 2 atom stereocenters. The molecule has 32 heavy (non-hydrogen) atoms. The normalized spacial score (nSPS) is 20.6. The van der Waals surface area contributed by atoms with E-state index in [9.17, 15) is 19.5 Å². The van der Waals surface area contributed by atoms with Crippen LogP contribution in [0.5, 0.6) is 0 Å². The van der Waals surface area contributed by atoms with Gasteiger partial charge in [0.1, 0.15) is 36.2 Å². The number of nitrogens with zero attached hydrogens (tertiary/aromatic N) is 5. The number of nitrogens with two attached hydrogens (primary N) is 1. The Balaban J connectivity index is 1.49. The molecule has 0 saturated carbocycles. The third-order valence-electron chi connectivity index (χ3n) is 4.48. The van der Waals surface area contributed by atoms with Gasteiger partial charge < -0.3 is 26.0 Å². The van der Waals surface area contributed by atoms with Gasteiger partial charge in [-0.2, -0.15) is 0 Å². The number of nitrogen functional groups attached to an aromatic ring is 1. The number of β-lactam (4-membered cyclic amide) rings is 1. The number of oxime groups is 1. The maximum absolute atomic E-state index is 12.8. The Hall–Kier alpha value is -3.11. The van der Waals surface area contributed by atoms with E-state index in [1.165, 1.54) is 41.9 Å². The van der Waals surface area contributed by atoms with Crippen molar-refractivity contribution in [2.45, 2.75) is 16.6 Å². The van der Waals surface area contributed by atoms with Crippen LogP contribution in [0.1, 0.15) is 5.69 Å². The van der Waals surface area contributed by atoms with E-state index < -0.39 is 29.2 Å². The van der Waals surface area contributed by atoms with E-state index in [-0.39, 0.29) is 22.2 Å². The number of hydrogen-bond donors (Lipinski definition) is 4. The molecule has 2 amide bonds. The third kappa shape index (κ3) is 4.15. The van der Waals surface area contributed by atoms with Crippen LogP contribution >= 0.6 is 34.9 Å². The number of aliphatic carboxylic acids is 1. The first kappa shape index (κ1) is 22.1. The van der Waals surface area contributed by atoms with Crippen molar-refractivity contribution in [3.05, 3.63) is 28.7 Å². The van der Waals surface area contributed by atoms with Crippen LogP contribution in [0, 0.1) is 0 Å². The maximum atomic E-state index is 12.8. The minimum Gasteiger partial charge on any atom is -0.477 e. The van der Waals surface area contributed by atoms with Gasteiger partial charge in [0.2, 0.25) is 0 Å². The first-order valence-electron chi connectivity index (χ1n) is 8.93. The average Bonchev–Trinajstić information content (AvgIpc) is 3.45. The molecule has 4 rings (SSSR count). The van der Waals surface area contributed by atoms with Crippen LogP contribution in [0.25, 0.3) is 0 Å². The smallest absolute Gasteiger partial charge is 0.352 e. The summed E-state index contributed by atoms with van der Waals surface area (Å²) >= 11 is 3.78. The largest absolute Gasteiger partial charge is 0.477 e. The van der Waals surface area contributed by atoms with Crippen LogP contribution in [0.3, 0.4) is 0 Å². The number of carboxylic acid groups (broad SMARTS) is 1. The zero-order valence-corrected chi connectivity index (χ0v) is 18.8. The van der Waals surface area contributed by atoms with Gasteiger partial charge >= 0.3 is 5.97 Å². The quantitative estimate of drug-likeness (QED) is 0.163. The minimum atomic E-state index is -1.21. The average molecular weight is 497 g/mol. The van der Waals surface area contributed by atoms with Crippen LogP contribution in [-0.2, 0) is 19.2 Å². The number of carbonyl (C=O) groups is 3. The van der Waals surface area contributed by atoms with Gasteiger partial charge in [0.05, 0.1) is 0 Å². The molecule has 2 aliphatic heterocycles. The molecule has 0 spiro atoms. The lowest BCUT2D eigenvalue weighted by Gasteiger charge is -2.49. The first-order chi connectivity index (χ1) is 15.4. The van der Waals surface area contributed by atoms with Crippen molar-refractivity contribution in [2.75, 3.05) is 24.3 Å². The van der Waals surface area contributed by atoms with Crippen molar-refractivity contribution < 1.29 is 24.3 Å². The summed E-state index contributed by atoms with van der Waals surface area (Å²) in [6.07, 6.45) is 1.42. The maximum Gasteiger partial charge on any atom is 0.352 e. The molecule has 4 heterocycles. The molecule has 1 unspecified atom stereocenters. The number of aromatic amines is 1. The number of nitrogens with one attached hydrogen (secondary N) is 2. The number of rotatable bonds is 8. The summed E-state index contributed by atoms with van der Waals surface area (Å²) in [6.45, 7) is 0. The van der Waals surface area contributed by atoms with Gasteiger partial charge in [0.15, 0.2) is 16.0 Å². The molecule has 0 aliphatic carbocycles. The second-order valence-electron chi connectivity index (χ2n) is 6.39. The fraction of sp³-hybridized carbons (Fsp3) is 0.312. The number of carbonyl (C=O) groups excluding carboxylic acids is 2. The van der Waals surface area contributed by atoms with E-state index in [1.807, 2.05) is 0 Å². The number of anilines is 1. The lowest BCUT2D eigenvalue weighted by Crippen LogP contribution is -2.71. The lowest BCUT2D eigenvalue weighted by atomic mass is 10.0. The van der Waals surface area contributed by atoms with Gasteiger partial charge in [-0.3, -0.25) is 14.5 Å². The van der Waals surface area contributed by atoms with Gasteiger partial charge in [0.25, 0.3) is 11.8 Å². The van der Waals surface area contributed by atoms with Crippen LogP contribution in [0.4, 0.5) is 5.13 Å². The molecule has 2 aromatic heterocycles. The van der Waals surface area contributed by atoms with Crippen molar-refractivity contribution in [2.24, 2.45) is 5.16 Å². The second kappa shape index (κ2) is 9.17. The predicted octanol–water partition coefficient (Wildman–Crippen LogP) is -0.275. The number of thioether (sulfide) groups is 2.